The van der Waals surface area contributed by atoms with Crippen LogP contribution in [0, 0.1) is 11.8 Å². The van der Waals surface area contributed by atoms with Crippen LogP contribution < -0.4 is 11.5 Å². The Kier molecular flexibility index (Phi) is 2.35. The lowest BCUT2D eigenvalue weighted by atomic mass is 9.65. The average molecular weight is 169 g/mol. The number of nitrogens with two attached hydrogens (primary N) is 2. The third-order valence-corrected chi connectivity index (χ3v) is 2.53. The smallest absolute Gasteiger partial charge is 0.223 e. The standard InChI is InChI=1S/C8H13N2O2/c9-6(11)2-5-8(7(10)12)3-1-4-8/h2H,1,3-5H2,(H2,9,11)(H2,10,12). The molecule has 0 aromatic heterocycles. The van der Waals surface area contributed by atoms with E-state index in [-0.39, 0.29) is 5.91 Å². The summed E-state index contributed by atoms with van der Waals surface area (Å²) in [5.74, 6) is -0.797. The van der Waals surface area contributed by atoms with Gasteiger partial charge in [0.15, 0.2) is 0 Å². The second-order valence-electron chi connectivity index (χ2n) is 3.31. The Bertz CT molecular complexity index is 209. The Hall–Kier alpha value is -1.06. The van der Waals surface area contributed by atoms with E-state index < -0.39 is 11.3 Å². The second kappa shape index (κ2) is 3.13. The van der Waals surface area contributed by atoms with E-state index in [4.69, 9.17) is 11.5 Å². The molecule has 2 amide bonds. The van der Waals surface area contributed by atoms with Crippen molar-refractivity contribution in [1.29, 1.82) is 0 Å². The van der Waals surface area contributed by atoms with Crippen LogP contribution in [0.2, 0.25) is 0 Å². The lowest BCUT2D eigenvalue weighted by molar-refractivity contribution is -0.132. The molecule has 4 nitrogen and oxygen atoms in total. The third kappa shape index (κ3) is 1.57. The minimum Gasteiger partial charge on any atom is -0.369 e. The van der Waals surface area contributed by atoms with Gasteiger partial charge in [-0.3, -0.25) is 9.59 Å². The molecule has 0 bridgehead atoms. The fraction of sp³-hybridized carbons (Fsp3) is 0.625. The van der Waals surface area contributed by atoms with Gasteiger partial charge in [0, 0.05) is 5.41 Å². The number of carbonyl (C=O) groups is 2. The van der Waals surface area contributed by atoms with Crippen LogP contribution in [0.3, 0.4) is 0 Å². The molecule has 1 rings (SSSR count). The Morgan fingerprint density at radius 3 is 2.17 bits per heavy atom. The molecule has 0 atom stereocenters. The van der Waals surface area contributed by atoms with E-state index in [0.717, 1.165) is 19.3 Å². The lowest BCUT2D eigenvalue weighted by Crippen LogP contribution is -2.43. The first-order valence-electron chi connectivity index (χ1n) is 3.99. The second-order valence-corrected chi connectivity index (χ2v) is 3.31. The monoisotopic (exact) mass is 169 g/mol. The summed E-state index contributed by atoms with van der Waals surface area (Å²) in [6.07, 6.45) is 4.31. The zero-order chi connectivity index (χ0) is 9.19. The van der Waals surface area contributed by atoms with Crippen molar-refractivity contribution in [3.8, 4) is 0 Å². The molecule has 12 heavy (non-hydrogen) atoms. The van der Waals surface area contributed by atoms with Crippen molar-refractivity contribution in [3.05, 3.63) is 6.42 Å². The summed E-state index contributed by atoms with van der Waals surface area (Å²) in [4.78, 5) is 21.4. The molecule has 4 N–H and O–H groups in total. The quantitative estimate of drug-likeness (QED) is 0.606. The number of rotatable bonds is 4. The van der Waals surface area contributed by atoms with Gasteiger partial charge in [-0.2, -0.15) is 0 Å². The van der Waals surface area contributed by atoms with Gasteiger partial charge in [0.1, 0.15) is 0 Å². The number of amides is 2. The summed E-state index contributed by atoms with van der Waals surface area (Å²) in [6.45, 7) is 0. The first-order chi connectivity index (χ1) is 5.57. The van der Waals surface area contributed by atoms with Gasteiger partial charge in [0.05, 0.1) is 6.42 Å². The molecule has 1 saturated carbocycles. The topological polar surface area (TPSA) is 86.2 Å². The van der Waals surface area contributed by atoms with Crippen LogP contribution in [0.5, 0.6) is 0 Å². The predicted molar refractivity (Wildman–Crippen MR) is 43.6 cm³/mol. The van der Waals surface area contributed by atoms with Gasteiger partial charge in [-0.25, -0.2) is 0 Å². The highest BCUT2D eigenvalue weighted by Crippen LogP contribution is 2.44. The molecule has 1 aliphatic carbocycles. The van der Waals surface area contributed by atoms with E-state index in [2.05, 4.69) is 0 Å². The van der Waals surface area contributed by atoms with Gasteiger partial charge in [-0.1, -0.05) is 6.42 Å². The molecule has 1 fully saturated rings. The summed E-state index contributed by atoms with van der Waals surface area (Å²) >= 11 is 0. The van der Waals surface area contributed by atoms with E-state index in [1.54, 1.807) is 0 Å². The van der Waals surface area contributed by atoms with Gasteiger partial charge >= 0.3 is 0 Å². The van der Waals surface area contributed by atoms with Crippen molar-refractivity contribution in [3.63, 3.8) is 0 Å². The van der Waals surface area contributed by atoms with Gasteiger partial charge in [0.25, 0.3) is 0 Å². The molecule has 4 heteroatoms. The predicted octanol–water partition coefficient (Wildman–Crippen LogP) is -0.278. The molecule has 0 unspecified atom stereocenters. The minimum atomic E-state index is -0.484. The maximum absolute atomic E-state index is 11.0. The van der Waals surface area contributed by atoms with Crippen LogP contribution >= 0.6 is 0 Å². The Balaban J connectivity index is 2.45. The summed E-state index contributed by atoms with van der Waals surface area (Å²) in [6, 6.07) is 0. The Morgan fingerprint density at radius 1 is 1.33 bits per heavy atom. The lowest BCUT2D eigenvalue weighted by Gasteiger charge is -2.38. The number of primary amides is 2. The average Bonchev–Trinajstić information content (AvgIpc) is 1.83. The molecular formula is C8H13N2O2. The highest BCUT2D eigenvalue weighted by atomic mass is 16.1. The SMILES string of the molecule is NC(=O)[CH]CC1(C(N)=O)CCC1. The highest BCUT2D eigenvalue weighted by Gasteiger charge is 2.42. The summed E-state index contributed by atoms with van der Waals surface area (Å²) < 4.78 is 0. The summed E-state index contributed by atoms with van der Waals surface area (Å²) in [7, 11) is 0. The maximum Gasteiger partial charge on any atom is 0.223 e. The Morgan fingerprint density at radius 2 is 1.92 bits per heavy atom. The molecule has 0 aromatic carbocycles. The molecule has 0 saturated heterocycles. The first-order valence-corrected chi connectivity index (χ1v) is 3.99. The van der Waals surface area contributed by atoms with Crippen molar-refractivity contribution in [2.45, 2.75) is 25.7 Å². The van der Waals surface area contributed by atoms with Crippen LogP contribution in [0.1, 0.15) is 25.7 Å². The van der Waals surface area contributed by atoms with E-state index >= 15 is 0 Å². The molecule has 67 valence electrons. The van der Waals surface area contributed by atoms with Crippen molar-refractivity contribution < 1.29 is 9.59 Å². The van der Waals surface area contributed by atoms with Gasteiger partial charge in [-0.05, 0) is 19.3 Å². The molecule has 0 spiro atoms. The van der Waals surface area contributed by atoms with Crippen LogP contribution in [-0.4, -0.2) is 11.8 Å². The largest absolute Gasteiger partial charge is 0.369 e. The third-order valence-electron chi connectivity index (χ3n) is 2.53. The Labute approximate surface area is 71.3 Å². The molecular weight excluding hydrogens is 156 g/mol. The minimum absolute atomic E-state index is 0.314. The maximum atomic E-state index is 11.0. The van der Waals surface area contributed by atoms with E-state index in [1.165, 1.54) is 6.42 Å². The van der Waals surface area contributed by atoms with E-state index in [9.17, 15) is 9.59 Å². The molecule has 1 radical (unpaired) electrons. The normalized spacial score (nSPS) is 19.7. The summed E-state index contributed by atoms with van der Waals surface area (Å²) in [5, 5.41) is 0. The molecule has 1 aliphatic rings. The fourth-order valence-corrected chi connectivity index (χ4v) is 1.45. The zero-order valence-electron chi connectivity index (χ0n) is 6.88. The first kappa shape index (κ1) is 9.03. The van der Waals surface area contributed by atoms with Gasteiger partial charge < -0.3 is 11.5 Å². The molecule has 0 aliphatic heterocycles. The van der Waals surface area contributed by atoms with E-state index in [1.807, 2.05) is 0 Å². The van der Waals surface area contributed by atoms with E-state index in [0.29, 0.717) is 6.42 Å². The molecule has 0 heterocycles. The number of carbonyl (C=O) groups excluding carboxylic acids is 2. The number of hydrogen-bond donors (Lipinski definition) is 2. The van der Waals surface area contributed by atoms with Crippen LogP contribution in [-0.2, 0) is 9.59 Å². The zero-order valence-corrected chi connectivity index (χ0v) is 6.88. The van der Waals surface area contributed by atoms with Gasteiger partial charge in [-0.15, -0.1) is 0 Å². The van der Waals surface area contributed by atoms with Crippen LogP contribution in [0.15, 0.2) is 0 Å². The fourth-order valence-electron chi connectivity index (χ4n) is 1.45. The van der Waals surface area contributed by atoms with Crippen molar-refractivity contribution in [2.24, 2.45) is 16.9 Å². The van der Waals surface area contributed by atoms with Crippen LogP contribution in [0.25, 0.3) is 0 Å². The molecule has 0 aromatic rings. The van der Waals surface area contributed by atoms with Crippen molar-refractivity contribution in [1.82, 2.24) is 0 Å². The van der Waals surface area contributed by atoms with Crippen molar-refractivity contribution >= 4 is 11.8 Å². The van der Waals surface area contributed by atoms with Crippen LogP contribution in [0.4, 0.5) is 0 Å². The van der Waals surface area contributed by atoms with Crippen molar-refractivity contribution in [2.75, 3.05) is 0 Å². The summed E-state index contributed by atoms with van der Waals surface area (Å²) in [5.41, 5.74) is 9.68. The van der Waals surface area contributed by atoms with Gasteiger partial charge in [0.2, 0.25) is 11.8 Å². The highest BCUT2D eigenvalue weighted by molar-refractivity contribution is 5.86. The number of hydrogen-bond acceptors (Lipinski definition) is 2.